The molecule has 0 heterocycles. The van der Waals surface area contributed by atoms with Gasteiger partial charge in [-0.05, 0) is 36.5 Å². The van der Waals surface area contributed by atoms with Crippen LogP contribution in [-0.4, -0.2) is 28.8 Å². The van der Waals surface area contributed by atoms with E-state index in [1.54, 1.807) is 13.0 Å². The maximum atomic E-state index is 11.9. The van der Waals surface area contributed by atoms with E-state index in [1.165, 1.54) is 12.1 Å². The van der Waals surface area contributed by atoms with Gasteiger partial charge < -0.3 is 15.5 Å². The van der Waals surface area contributed by atoms with Crippen molar-refractivity contribution in [3.63, 3.8) is 0 Å². The zero-order valence-corrected chi connectivity index (χ0v) is 12.9. The van der Waals surface area contributed by atoms with Crippen molar-refractivity contribution in [3.8, 4) is 5.75 Å². The Morgan fingerprint density at radius 2 is 2.10 bits per heavy atom. The first-order valence-electron chi connectivity index (χ1n) is 6.62. The molecule has 0 saturated heterocycles. The molecule has 0 aliphatic heterocycles. The van der Waals surface area contributed by atoms with Crippen LogP contribution >= 0.6 is 11.6 Å². The molecular weight excluding hydrogens is 278 g/mol. The van der Waals surface area contributed by atoms with Crippen molar-refractivity contribution in [1.29, 1.82) is 0 Å². The molecule has 0 aliphatic rings. The van der Waals surface area contributed by atoms with E-state index in [0.717, 1.165) is 0 Å². The maximum Gasteiger partial charge on any atom is 0.224 e. The van der Waals surface area contributed by atoms with Gasteiger partial charge in [-0.1, -0.05) is 31.5 Å². The van der Waals surface area contributed by atoms with Gasteiger partial charge in [0.2, 0.25) is 5.91 Å². The second kappa shape index (κ2) is 6.95. The summed E-state index contributed by atoms with van der Waals surface area (Å²) >= 11 is 5.96. The smallest absolute Gasteiger partial charge is 0.224 e. The molecular formula is C15H22ClNO3. The number of aliphatic hydroxyl groups excluding tert-OH is 1. The predicted octanol–water partition coefficient (Wildman–Crippen LogP) is 2.50. The Morgan fingerprint density at radius 1 is 1.45 bits per heavy atom. The summed E-state index contributed by atoms with van der Waals surface area (Å²) in [5, 5.41) is 21.9. The largest absolute Gasteiger partial charge is 0.508 e. The lowest BCUT2D eigenvalue weighted by atomic mass is 9.87. The number of halogens is 1. The van der Waals surface area contributed by atoms with Crippen molar-refractivity contribution in [2.24, 2.45) is 5.41 Å². The van der Waals surface area contributed by atoms with Crippen LogP contribution in [-0.2, 0) is 11.2 Å². The first kappa shape index (κ1) is 16.8. The summed E-state index contributed by atoms with van der Waals surface area (Å²) in [6.45, 7) is 6.22. The molecule has 0 aromatic heterocycles. The molecule has 0 spiro atoms. The number of nitrogens with one attached hydrogen (secondary N) is 1. The molecule has 1 rings (SSSR count). The highest BCUT2D eigenvalue weighted by Gasteiger charge is 2.21. The Labute approximate surface area is 124 Å². The van der Waals surface area contributed by atoms with Crippen LogP contribution in [0.25, 0.3) is 0 Å². The summed E-state index contributed by atoms with van der Waals surface area (Å²) in [7, 11) is 0. The van der Waals surface area contributed by atoms with Gasteiger partial charge in [0.05, 0.1) is 12.5 Å². The third kappa shape index (κ3) is 5.80. The van der Waals surface area contributed by atoms with E-state index in [2.05, 4.69) is 5.32 Å². The van der Waals surface area contributed by atoms with E-state index in [1.807, 2.05) is 13.8 Å². The van der Waals surface area contributed by atoms with Crippen molar-refractivity contribution in [2.45, 2.75) is 39.7 Å². The fourth-order valence-electron chi connectivity index (χ4n) is 2.12. The number of carbonyl (C=O) groups excluding carboxylic acids is 1. The van der Waals surface area contributed by atoms with Gasteiger partial charge in [0.25, 0.3) is 0 Å². The topological polar surface area (TPSA) is 69.6 Å². The molecule has 5 heteroatoms. The van der Waals surface area contributed by atoms with Crippen molar-refractivity contribution in [1.82, 2.24) is 5.32 Å². The summed E-state index contributed by atoms with van der Waals surface area (Å²) in [5.41, 5.74) is 0.512. The van der Waals surface area contributed by atoms with Crippen LogP contribution in [0.15, 0.2) is 18.2 Å². The van der Waals surface area contributed by atoms with Crippen LogP contribution in [0.1, 0.15) is 32.8 Å². The van der Waals surface area contributed by atoms with Gasteiger partial charge in [0, 0.05) is 11.6 Å². The van der Waals surface area contributed by atoms with Gasteiger partial charge in [0.15, 0.2) is 0 Å². The number of aromatic hydroxyl groups is 1. The van der Waals surface area contributed by atoms with Gasteiger partial charge in [-0.2, -0.15) is 0 Å². The number of hydrogen-bond acceptors (Lipinski definition) is 3. The summed E-state index contributed by atoms with van der Waals surface area (Å²) in [6.07, 6.45) is 0.394. The molecule has 1 unspecified atom stereocenters. The second-order valence-electron chi connectivity index (χ2n) is 5.95. The zero-order chi connectivity index (χ0) is 15.3. The molecule has 0 radical (unpaired) electrons. The lowest BCUT2D eigenvalue weighted by molar-refractivity contribution is -0.121. The molecule has 1 aromatic rings. The van der Waals surface area contributed by atoms with Crippen LogP contribution in [0.5, 0.6) is 5.75 Å². The summed E-state index contributed by atoms with van der Waals surface area (Å²) < 4.78 is 0. The summed E-state index contributed by atoms with van der Waals surface area (Å²) in [4.78, 5) is 11.9. The quantitative estimate of drug-likeness (QED) is 0.756. The minimum absolute atomic E-state index is 0.0808. The molecule has 0 aliphatic carbocycles. The van der Waals surface area contributed by atoms with Gasteiger partial charge in [-0.3, -0.25) is 4.79 Å². The maximum absolute atomic E-state index is 11.9. The molecule has 3 N–H and O–H groups in total. The van der Waals surface area contributed by atoms with Crippen LogP contribution in [0.2, 0.25) is 5.02 Å². The van der Waals surface area contributed by atoms with Gasteiger partial charge in [0.1, 0.15) is 5.75 Å². The Hall–Kier alpha value is -1.26. The van der Waals surface area contributed by atoms with E-state index in [0.29, 0.717) is 23.6 Å². The van der Waals surface area contributed by atoms with Crippen LogP contribution in [0.4, 0.5) is 0 Å². The van der Waals surface area contributed by atoms with E-state index in [-0.39, 0.29) is 23.5 Å². The Bertz CT molecular complexity index is 472. The normalized spacial score (nSPS) is 13.1. The van der Waals surface area contributed by atoms with Gasteiger partial charge >= 0.3 is 0 Å². The SMILES string of the molecule is CC(O)CC(C)(C)CNC(=O)Cc1ccc(O)cc1Cl. The van der Waals surface area contributed by atoms with E-state index in [4.69, 9.17) is 11.6 Å². The third-order valence-corrected chi connectivity index (χ3v) is 3.35. The number of carbonyl (C=O) groups is 1. The first-order chi connectivity index (χ1) is 9.19. The predicted molar refractivity (Wildman–Crippen MR) is 79.9 cm³/mol. The van der Waals surface area contributed by atoms with Crippen LogP contribution in [0, 0.1) is 5.41 Å². The highest BCUT2D eigenvalue weighted by molar-refractivity contribution is 6.31. The van der Waals surface area contributed by atoms with Crippen molar-refractivity contribution in [2.75, 3.05) is 6.54 Å². The van der Waals surface area contributed by atoms with Gasteiger partial charge in [-0.25, -0.2) is 0 Å². The average molecular weight is 300 g/mol. The number of benzene rings is 1. The number of phenolic OH excluding ortho intramolecular Hbond substituents is 1. The summed E-state index contributed by atoms with van der Waals surface area (Å²) in [6, 6.07) is 4.56. The number of phenols is 1. The first-order valence-corrected chi connectivity index (χ1v) is 6.99. The lowest BCUT2D eigenvalue weighted by Gasteiger charge is -2.26. The van der Waals surface area contributed by atoms with E-state index in [9.17, 15) is 15.0 Å². The molecule has 0 bridgehead atoms. The Kier molecular flexibility index (Phi) is 5.84. The minimum atomic E-state index is -0.395. The highest BCUT2D eigenvalue weighted by atomic mass is 35.5. The van der Waals surface area contributed by atoms with Gasteiger partial charge in [-0.15, -0.1) is 0 Å². The van der Waals surface area contributed by atoms with Crippen LogP contribution < -0.4 is 5.32 Å². The van der Waals surface area contributed by atoms with Crippen molar-refractivity contribution >= 4 is 17.5 Å². The highest BCUT2D eigenvalue weighted by Crippen LogP contribution is 2.23. The third-order valence-electron chi connectivity index (χ3n) is 3.00. The molecule has 1 aromatic carbocycles. The van der Waals surface area contributed by atoms with E-state index < -0.39 is 6.10 Å². The second-order valence-corrected chi connectivity index (χ2v) is 6.35. The number of aliphatic hydroxyl groups is 1. The minimum Gasteiger partial charge on any atom is -0.508 e. The number of amides is 1. The Morgan fingerprint density at radius 3 is 2.65 bits per heavy atom. The monoisotopic (exact) mass is 299 g/mol. The van der Waals surface area contributed by atoms with Crippen LogP contribution in [0.3, 0.4) is 0 Å². The molecule has 0 fully saturated rings. The fraction of sp³-hybridized carbons (Fsp3) is 0.533. The zero-order valence-electron chi connectivity index (χ0n) is 12.1. The molecule has 1 atom stereocenters. The van der Waals surface area contributed by atoms with Crippen molar-refractivity contribution in [3.05, 3.63) is 28.8 Å². The lowest BCUT2D eigenvalue weighted by Crippen LogP contribution is -2.36. The average Bonchev–Trinajstić information content (AvgIpc) is 2.29. The molecule has 4 nitrogen and oxygen atoms in total. The molecule has 1 amide bonds. The molecule has 20 heavy (non-hydrogen) atoms. The molecule has 112 valence electrons. The van der Waals surface area contributed by atoms with E-state index >= 15 is 0 Å². The Balaban J connectivity index is 2.52. The fourth-order valence-corrected chi connectivity index (χ4v) is 2.37. The number of rotatable bonds is 6. The van der Waals surface area contributed by atoms with Crippen molar-refractivity contribution < 1.29 is 15.0 Å². The molecule has 0 saturated carbocycles. The summed E-state index contributed by atoms with van der Waals surface area (Å²) in [5.74, 6) is -0.0477. The number of hydrogen-bond donors (Lipinski definition) is 3. The standard InChI is InChI=1S/C15H22ClNO3/c1-10(18)8-15(2,3)9-17-14(20)6-11-4-5-12(19)7-13(11)16/h4-5,7,10,18-19H,6,8-9H2,1-3H3,(H,17,20).